The summed E-state index contributed by atoms with van der Waals surface area (Å²) in [4.78, 5) is 53.1. The molecule has 15 heteroatoms. The molecular weight excluding hydrogens is 480 g/mol. The molecule has 35 heavy (non-hydrogen) atoms. The molecule has 0 heterocycles. The van der Waals surface area contributed by atoms with Crippen LogP contribution in [0.5, 0.6) is 0 Å². The van der Waals surface area contributed by atoms with Gasteiger partial charge in [-0.25, -0.2) is 4.79 Å². The minimum Gasteiger partial charge on any atom is -0.480 e. The highest BCUT2D eigenvalue weighted by Crippen LogP contribution is 2.05. The van der Waals surface area contributed by atoms with Crippen LogP contribution in [0.3, 0.4) is 0 Å². The van der Waals surface area contributed by atoms with Gasteiger partial charge in [-0.1, -0.05) is 6.42 Å². The predicted molar refractivity (Wildman–Crippen MR) is 134 cm³/mol. The Hall–Kier alpha value is -2.62. The van der Waals surface area contributed by atoms with Crippen molar-refractivity contribution < 1.29 is 29.4 Å². The van der Waals surface area contributed by atoms with Gasteiger partial charge >= 0.3 is 5.97 Å². The van der Waals surface area contributed by atoms with Crippen LogP contribution in [0.25, 0.3) is 0 Å². The Morgan fingerprint density at radius 2 is 1.49 bits per heavy atom. The highest BCUT2D eigenvalue weighted by Gasteiger charge is 2.29. The van der Waals surface area contributed by atoms with Gasteiger partial charge in [0.05, 0.1) is 12.6 Å². The first-order valence-corrected chi connectivity index (χ1v) is 12.7. The van der Waals surface area contributed by atoms with Gasteiger partial charge in [-0.3, -0.25) is 19.4 Å². The van der Waals surface area contributed by atoms with Crippen molar-refractivity contribution in [3.8, 4) is 0 Å². The van der Waals surface area contributed by atoms with E-state index in [4.69, 9.17) is 22.9 Å². The highest BCUT2D eigenvalue weighted by molar-refractivity contribution is 7.98. The molecule has 0 fully saturated rings. The molecule has 0 aromatic rings. The smallest absolute Gasteiger partial charge is 0.326 e. The molecule has 0 aliphatic carbocycles. The van der Waals surface area contributed by atoms with Crippen LogP contribution < -0.4 is 38.9 Å². The van der Waals surface area contributed by atoms with Crippen molar-refractivity contribution in [2.75, 3.05) is 31.7 Å². The molecule has 0 aromatic carbocycles. The number of nitrogens with two attached hydrogens (primary N) is 4. The number of rotatable bonds is 19. The van der Waals surface area contributed by atoms with Gasteiger partial charge in [0.1, 0.15) is 18.1 Å². The molecule has 13 N–H and O–H groups in total. The van der Waals surface area contributed by atoms with Gasteiger partial charge in [-0.15, -0.1) is 0 Å². The number of unbranched alkanes of at least 4 members (excludes halogenated alkanes) is 1. The Kier molecular flexibility index (Phi) is 17.3. The number of aliphatic carboxylic acids is 1. The van der Waals surface area contributed by atoms with Crippen LogP contribution >= 0.6 is 11.8 Å². The predicted octanol–water partition coefficient (Wildman–Crippen LogP) is -3.22. The number of aliphatic hydroxyl groups is 1. The fraction of sp³-hybridized carbons (Fsp3) is 0.750. The first kappa shape index (κ1) is 32.4. The molecule has 0 saturated carbocycles. The number of nitrogens with zero attached hydrogens (tertiary/aromatic N) is 1. The molecule has 4 unspecified atom stereocenters. The molecule has 3 amide bonds. The number of hydrogen-bond acceptors (Lipinski definition) is 9. The summed E-state index contributed by atoms with van der Waals surface area (Å²) >= 11 is 1.43. The number of aliphatic hydroxyl groups excluding tert-OH is 1. The maximum atomic E-state index is 12.8. The number of amides is 3. The van der Waals surface area contributed by atoms with Crippen LogP contribution in [0, 0.1) is 0 Å². The first-order chi connectivity index (χ1) is 16.6. The third-order valence-electron chi connectivity index (χ3n) is 4.93. The Morgan fingerprint density at radius 3 is 2.03 bits per heavy atom. The molecule has 0 aliphatic heterocycles. The van der Waals surface area contributed by atoms with Gasteiger partial charge in [0, 0.05) is 6.54 Å². The largest absolute Gasteiger partial charge is 0.480 e. The lowest BCUT2D eigenvalue weighted by atomic mass is 10.1. The summed E-state index contributed by atoms with van der Waals surface area (Å²) in [5.74, 6) is -3.02. The average Bonchev–Trinajstić information content (AvgIpc) is 2.81. The molecule has 0 saturated heterocycles. The first-order valence-electron chi connectivity index (χ1n) is 11.3. The lowest BCUT2D eigenvalue weighted by molar-refractivity contribution is -0.142. The normalized spacial score (nSPS) is 14.2. The molecule has 4 atom stereocenters. The van der Waals surface area contributed by atoms with Gasteiger partial charge in [-0.2, -0.15) is 11.8 Å². The molecular formula is C20H40N8O6S. The number of nitrogens with one attached hydrogen (secondary N) is 3. The molecule has 0 aliphatic rings. The van der Waals surface area contributed by atoms with Crippen molar-refractivity contribution in [1.29, 1.82) is 0 Å². The second kappa shape index (κ2) is 18.7. The van der Waals surface area contributed by atoms with Crippen LogP contribution in [0.15, 0.2) is 4.99 Å². The molecule has 0 rings (SSSR count). The highest BCUT2D eigenvalue weighted by atomic mass is 32.2. The van der Waals surface area contributed by atoms with E-state index in [-0.39, 0.29) is 25.3 Å². The van der Waals surface area contributed by atoms with E-state index in [1.807, 2.05) is 0 Å². The number of carboxylic acid groups (broad SMARTS) is 1. The zero-order valence-electron chi connectivity index (χ0n) is 20.1. The molecule has 0 bridgehead atoms. The standard InChI is InChI=1S/C20H40N8O6S/c1-35-10-7-14(19(33)34)27-17(31)13(6-4-9-25-20(23)24)26-18(32)15(11-29)28-16(30)12(22)5-2-3-8-21/h12-15,29H,2-11,21-22H2,1H3,(H,26,32)(H,27,31)(H,28,30)(H,33,34)(H4,23,24,25). The van der Waals surface area contributed by atoms with E-state index >= 15 is 0 Å². The Balaban J connectivity index is 5.29. The van der Waals surface area contributed by atoms with Crippen LogP contribution in [0.1, 0.15) is 38.5 Å². The van der Waals surface area contributed by atoms with E-state index in [0.717, 1.165) is 0 Å². The summed E-state index contributed by atoms with van der Waals surface area (Å²) in [6, 6.07) is -4.55. The lowest BCUT2D eigenvalue weighted by Gasteiger charge is -2.24. The Morgan fingerprint density at radius 1 is 0.886 bits per heavy atom. The number of thioether (sulfide) groups is 1. The van der Waals surface area contributed by atoms with Gasteiger partial charge in [0.15, 0.2) is 5.96 Å². The summed E-state index contributed by atoms with van der Waals surface area (Å²) in [7, 11) is 0. The minimum atomic E-state index is -1.36. The second-order valence-corrected chi connectivity index (χ2v) is 8.81. The fourth-order valence-corrected chi connectivity index (χ4v) is 3.39. The van der Waals surface area contributed by atoms with Crippen LogP contribution in [-0.2, 0) is 19.2 Å². The van der Waals surface area contributed by atoms with E-state index in [1.165, 1.54) is 11.8 Å². The van der Waals surface area contributed by atoms with E-state index in [2.05, 4.69) is 20.9 Å². The quantitative estimate of drug-likeness (QED) is 0.0464. The summed E-state index contributed by atoms with van der Waals surface area (Å²) < 4.78 is 0. The van der Waals surface area contributed by atoms with Crippen molar-refractivity contribution in [2.45, 2.75) is 62.7 Å². The van der Waals surface area contributed by atoms with E-state index in [9.17, 15) is 29.4 Å². The van der Waals surface area contributed by atoms with Gasteiger partial charge < -0.3 is 49.1 Å². The van der Waals surface area contributed by atoms with Crippen molar-refractivity contribution in [1.82, 2.24) is 16.0 Å². The third-order valence-corrected chi connectivity index (χ3v) is 5.57. The maximum Gasteiger partial charge on any atom is 0.326 e. The number of carbonyl (C=O) groups is 4. The minimum absolute atomic E-state index is 0.0773. The molecule has 14 nitrogen and oxygen atoms in total. The van der Waals surface area contributed by atoms with Gasteiger partial charge in [-0.05, 0) is 50.7 Å². The lowest BCUT2D eigenvalue weighted by Crippen LogP contribution is -2.58. The molecule has 0 radical (unpaired) electrons. The van der Waals surface area contributed by atoms with E-state index < -0.39 is 54.5 Å². The van der Waals surface area contributed by atoms with Crippen LogP contribution in [0.2, 0.25) is 0 Å². The van der Waals surface area contributed by atoms with Gasteiger partial charge in [0.25, 0.3) is 0 Å². The summed E-state index contributed by atoms with van der Waals surface area (Å²) in [5.41, 5.74) is 21.8. The zero-order valence-corrected chi connectivity index (χ0v) is 20.9. The number of aliphatic imine (C=N–C) groups is 1. The number of carbonyl (C=O) groups excluding carboxylic acids is 3. The number of hydrogen-bond donors (Lipinski definition) is 9. The number of guanidine groups is 1. The fourth-order valence-electron chi connectivity index (χ4n) is 2.92. The topological polar surface area (TPSA) is 261 Å². The van der Waals surface area contributed by atoms with Crippen LogP contribution in [-0.4, -0.2) is 95.7 Å². The van der Waals surface area contributed by atoms with Crippen molar-refractivity contribution in [3.63, 3.8) is 0 Å². The van der Waals surface area contributed by atoms with E-state index in [0.29, 0.717) is 38.0 Å². The zero-order chi connectivity index (χ0) is 26.8. The monoisotopic (exact) mass is 520 g/mol. The molecule has 0 spiro atoms. The average molecular weight is 521 g/mol. The maximum absolute atomic E-state index is 12.8. The van der Waals surface area contributed by atoms with Crippen molar-refractivity contribution in [2.24, 2.45) is 27.9 Å². The number of carboxylic acids is 1. The molecule has 0 aromatic heterocycles. The second-order valence-electron chi connectivity index (χ2n) is 7.83. The Labute approximate surface area is 209 Å². The van der Waals surface area contributed by atoms with E-state index in [1.54, 1.807) is 6.26 Å². The van der Waals surface area contributed by atoms with Crippen molar-refractivity contribution >= 4 is 41.4 Å². The van der Waals surface area contributed by atoms with Crippen molar-refractivity contribution in [3.05, 3.63) is 0 Å². The third kappa shape index (κ3) is 14.4. The Bertz CT molecular complexity index is 707. The van der Waals surface area contributed by atoms with Gasteiger partial charge in [0.2, 0.25) is 17.7 Å². The summed E-state index contributed by atoms with van der Waals surface area (Å²) in [6.07, 6.45) is 4.03. The summed E-state index contributed by atoms with van der Waals surface area (Å²) in [5, 5.41) is 26.3. The molecule has 202 valence electrons. The van der Waals surface area contributed by atoms with Crippen LogP contribution in [0.4, 0.5) is 0 Å². The SMILES string of the molecule is CSCCC(NC(=O)C(CCCN=C(N)N)NC(=O)C(CO)NC(=O)C(N)CCCCN)C(=O)O. The summed E-state index contributed by atoms with van der Waals surface area (Å²) in [6.45, 7) is -0.0990.